The number of aromatic nitrogens is 6. The third kappa shape index (κ3) is 2.81. The molecule has 0 bridgehead atoms. The van der Waals surface area contributed by atoms with E-state index in [2.05, 4.69) is 42.2 Å². The van der Waals surface area contributed by atoms with E-state index in [0.29, 0.717) is 11.5 Å². The minimum absolute atomic E-state index is 0.688. The summed E-state index contributed by atoms with van der Waals surface area (Å²) in [5.41, 5.74) is 6.59. The molecule has 1 fully saturated rings. The van der Waals surface area contributed by atoms with E-state index >= 15 is 0 Å². The molecule has 0 spiro atoms. The Morgan fingerprint density at radius 3 is 2.80 bits per heavy atom. The Morgan fingerprint density at radius 1 is 1.00 bits per heavy atom. The van der Waals surface area contributed by atoms with Crippen LogP contribution >= 0.6 is 0 Å². The molecule has 6 rings (SSSR count). The van der Waals surface area contributed by atoms with Gasteiger partial charge in [-0.1, -0.05) is 12.1 Å². The predicted octanol–water partition coefficient (Wildman–Crippen LogP) is 3.40. The summed E-state index contributed by atoms with van der Waals surface area (Å²) in [5.74, 6) is 0.702. The number of nitrogens with one attached hydrogen (secondary N) is 2. The topological polar surface area (TPSA) is 95.6 Å². The average Bonchev–Trinajstić information content (AvgIpc) is 3.43. The monoisotopic (exact) mass is 397 g/mol. The average molecular weight is 397 g/mol. The molecule has 0 saturated carbocycles. The van der Waals surface area contributed by atoms with Gasteiger partial charge in [-0.15, -0.1) is 0 Å². The van der Waals surface area contributed by atoms with Crippen LogP contribution < -0.4 is 4.90 Å². The largest absolute Gasteiger partial charge is 0.378 e. The van der Waals surface area contributed by atoms with Gasteiger partial charge >= 0.3 is 0 Å². The Labute approximate surface area is 172 Å². The minimum atomic E-state index is 0.688. The van der Waals surface area contributed by atoms with Crippen molar-refractivity contribution >= 4 is 27.8 Å². The van der Waals surface area contributed by atoms with E-state index in [1.165, 1.54) is 0 Å². The number of benzene rings is 1. The second-order valence-electron chi connectivity index (χ2n) is 7.29. The highest BCUT2D eigenvalue weighted by atomic mass is 16.5. The highest BCUT2D eigenvalue weighted by molar-refractivity contribution is 5.96. The molecule has 0 atom stereocenters. The van der Waals surface area contributed by atoms with E-state index < -0.39 is 0 Å². The molecule has 8 nitrogen and oxygen atoms in total. The van der Waals surface area contributed by atoms with E-state index in [1.807, 2.05) is 30.5 Å². The fraction of sp³-hybridized carbons (Fsp3) is 0.182. The van der Waals surface area contributed by atoms with Crippen molar-refractivity contribution < 1.29 is 4.74 Å². The Morgan fingerprint density at radius 2 is 1.93 bits per heavy atom. The lowest BCUT2D eigenvalue weighted by molar-refractivity contribution is 0.123. The first-order chi connectivity index (χ1) is 14.9. The molecule has 30 heavy (non-hydrogen) atoms. The Balaban J connectivity index is 1.47. The summed E-state index contributed by atoms with van der Waals surface area (Å²) < 4.78 is 5.49. The SMILES string of the molecule is c1cncc(-c2ccc3[nH]nc(-c4nc5nccc(N6CCOCC6)c5[nH]4)c3c2)c1. The van der Waals surface area contributed by atoms with Gasteiger partial charge in [0, 0.05) is 42.6 Å². The second-order valence-corrected chi connectivity index (χ2v) is 7.29. The first-order valence-corrected chi connectivity index (χ1v) is 9.93. The standard InChI is InChI=1S/C22H19N7O/c1-2-15(13-23-6-1)14-3-4-17-16(12-14)19(28-27-17)22-25-20-18(5-7-24-21(20)26-22)29-8-10-30-11-9-29/h1-7,12-13H,8-11H2,(H,27,28)(H,24,25,26). The van der Waals surface area contributed by atoms with Crippen LogP contribution in [0.3, 0.4) is 0 Å². The molecule has 0 amide bonds. The highest BCUT2D eigenvalue weighted by Crippen LogP contribution is 2.32. The smallest absolute Gasteiger partial charge is 0.180 e. The maximum atomic E-state index is 5.49. The Bertz CT molecular complexity index is 1340. The molecule has 5 heterocycles. The van der Waals surface area contributed by atoms with E-state index in [4.69, 9.17) is 9.72 Å². The number of nitrogens with zero attached hydrogens (tertiary/aromatic N) is 5. The van der Waals surface area contributed by atoms with Gasteiger partial charge in [0.1, 0.15) is 11.2 Å². The summed E-state index contributed by atoms with van der Waals surface area (Å²) >= 11 is 0. The number of H-pyrrole nitrogens is 2. The molecular formula is C22H19N7O. The molecule has 4 aromatic heterocycles. The van der Waals surface area contributed by atoms with Crippen molar-refractivity contribution in [3.63, 3.8) is 0 Å². The summed E-state index contributed by atoms with van der Waals surface area (Å²) in [6, 6.07) is 12.2. The maximum Gasteiger partial charge on any atom is 0.180 e. The summed E-state index contributed by atoms with van der Waals surface area (Å²) in [6.45, 7) is 3.17. The van der Waals surface area contributed by atoms with E-state index in [1.54, 1.807) is 12.4 Å². The van der Waals surface area contributed by atoms with Crippen molar-refractivity contribution in [2.24, 2.45) is 0 Å². The highest BCUT2D eigenvalue weighted by Gasteiger charge is 2.19. The predicted molar refractivity (Wildman–Crippen MR) is 115 cm³/mol. The normalized spacial score (nSPS) is 14.6. The summed E-state index contributed by atoms with van der Waals surface area (Å²) in [4.78, 5) is 19.2. The molecular weight excluding hydrogens is 378 g/mol. The number of ether oxygens (including phenoxy) is 1. The molecule has 5 aromatic rings. The van der Waals surface area contributed by atoms with Crippen LogP contribution in [0.1, 0.15) is 0 Å². The molecule has 0 radical (unpaired) electrons. The van der Waals surface area contributed by atoms with Gasteiger partial charge in [-0.05, 0) is 29.8 Å². The van der Waals surface area contributed by atoms with Gasteiger partial charge in [-0.25, -0.2) is 9.97 Å². The molecule has 8 heteroatoms. The summed E-state index contributed by atoms with van der Waals surface area (Å²) in [7, 11) is 0. The Hall–Kier alpha value is -3.78. The van der Waals surface area contributed by atoms with Crippen LogP contribution in [0.15, 0.2) is 55.0 Å². The van der Waals surface area contributed by atoms with Gasteiger partial charge < -0.3 is 14.6 Å². The van der Waals surface area contributed by atoms with Crippen LogP contribution in [0, 0.1) is 0 Å². The lowest BCUT2D eigenvalue weighted by Gasteiger charge is -2.28. The zero-order valence-electron chi connectivity index (χ0n) is 16.2. The molecule has 1 aromatic carbocycles. The summed E-state index contributed by atoms with van der Waals surface area (Å²) in [6.07, 6.45) is 5.44. The second kappa shape index (κ2) is 6.93. The van der Waals surface area contributed by atoms with E-state index in [-0.39, 0.29) is 0 Å². The molecule has 1 saturated heterocycles. The number of imidazole rings is 1. The molecule has 1 aliphatic heterocycles. The van der Waals surface area contributed by atoms with Crippen LogP contribution in [0.4, 0.5) is 5.69 Å². The van der Waals surface area contributed by atoms with Crippen LogP contribution in [0.2, 0.25) is 0 Å². The van der Waals surface area contributed by atoms with Crippen molar-refractivity contribution in [3.8, 4) is 22.6 Å². The number of fused-ring (bicyclic) bond motifs is 2. The van der Waals surface area contributed by atoms with Gasteiger partial charge in [-0.2, -0.15) is 5.10 Å². The van der Waals surface area contributed by atoms with Crippen LogP contribution in [-0.4, -0.2) is 56.4 Å². The third-order valence-corrected chi connectivity index (χ3v) is 5.50. The number of aromatic amines is 2. The number of anilines is 1. The lowest BCUT2D eigenvalue weighted by atomic mass is 10.0. The zero-order valence-corrected chi connectivity index (χ0v) is 16.2. The van der Waals surface area contributed by atoms with Crippen molar-refractivity contribution in [3.05, 3.63) is 55.0 Å². The minimum Gasteiger partial charge on any atom is -0.378 e. The van der Waals surface area contributed by atoms with Gasteiger partial charge in [-0.3, -0.25) is 10.1 Å². The number of hydrogen-bond acceptors (Lipinski definition) is 6. The van der Waals surface area contributed by atoms with Crippen LogP contribution in [0.25, 0.3) is 44.7 Å². The maximum absolute atomic E-state index is 5.49. The molecule has 1 aliphatic rings. The fourth-order valence-electron chi connectivity index (χ4n) is 3.99. The number of morpholine rings is 1. The zero-order chi connectivity index (χ0) is 19.9. The number of pyridine rings is 2. The van der Waals surface area contributed by atoms with Crippen molar-refractivity contribution in [1.29, 1.82) is 0 Å². The molecule has 0 unspecified atom stereocenters. The van der Waals surface area contributed by atoms with E-state index in [9.17, 15) is 0 Å². The van der Waals surface area contributed by atoms with Gasteiger partial charge in [0.2, 0.25) is 0 Å². The number of rotatable bonds is 3. The quantitative estimate of drug-likeness (QED) is 0.484. The van der Waals surface area contributed by atoms with Crippen LogP contribution in [-0.2, 0) is 4.74 Å². The van der Waals surface area contributed by atoms with Crippen molar-refractivity contribution in [2.45, 2.75) is 0 Å². The van der Waals surface area contributed by atoms with Crippen molar-refractivity contribution in [1.82, 2.24) is 30.1 Å². The Kier molecular flexibility index (Phi) is 3.95. The molecule has 0 aliphatic carbocycles. The van der Waals surface area contributed by atoms with Crippen molar-refractivity contribution in [2.75, 3.05) is 31.2 Å². The van der Waals surface area contributed by atoms with Gasteiger partial charge in [0.05, 0.1) is 24.4 Å². The van der Waals surface area contributed by atoms with Crippen LogP contribution in [0.5, 0.6) is 0 Å². The third-order valence-electron chi connectivity index (χ3n) is 5.50. The fourth-order valence-corrected chi connectivity index (χ4v) is 3.99. The molecule has 2 N–H and O–H groups in total. The molecule has 148 valence electrons. The van der Waals surface area contributed by atoms with Gasteiger partial charge in [0.15, 0.2) is 11.5 Å². The van der Waals surface area contributed by atoms with E-state index in [0.717, 1.165) is 65.2 Å². The first-order valence-electron chi connectivity index (χ1n) is 9.93. The first kappa shape index (κ1) is 17.1. The number of hydrogen-bond donors (Lipinski definition) is 2. The lowest BCUT2D eigenvalue weighted by Crippen LogP contribution is -2.36. The summed E-state index contributed by atoms with van der Waals surface area (Å²) in [5, 5.41) is 8.66. The van der Waals surface area contributed by atoms with Gasteiger partial charge in [0.25, 0.3) is 0 Å².